The van der Waals surface area contributed by atoms with Crippen LogP contribution in [0.4, 0.5) is 10.1 Å². The van der Waals surface area contributed by atoms with Gasteiger partial charge in [0.05, 0.1) is 16.5 Å². The van der Waals surface area contributed by atoms with Crippen molar-refractivity contribution < 1.29 is 14.0 Å². The fourth-order valence-corrected chi connectivity index (χ4v) is 2.94. The van der Waals surface area contributed by atoms with Crippen LogP contribution in [-0.4, -0.2) is 20.9 Å². The van der Waals surface area contributed by atoms with Gasteiger partial charge in [0.2, 0.25) is 5.91 Å². The van der Waals surface area contributed by atoms with Crippen molar-refractivity contribution in [2.24, 2.45) is 5.73 Å². The quantitative estimate of drug-likeness (QED) is 0.684. The average Bonchev–Trinajstić information content (AvgIpc) is 2.67. The molecule has 0 aliphatic carbocycles. The Balaban J connectivity index is 1.98. The molecule has 0 unspecified atom stereocenters. The van der Waals surface area contributed by atoms with E-state index < -0.39 is 28.9 Å². The van der Waals surface area contributed by atoms with Gasteiger partial charge in [0.15, 0.2) is 0 Å². The van der Waals surface area contributed by atoms with Gasteiger partial charge >= 0.3 is 5.69 Å². The minimum Gasteiger partial charge on any atom is -0.366 e. The molecule has 1 heterocycles. The lowest BCUT2D eigenvalue weighted by Crippen LogP contribution is -2.41. The lowest BCUT2D eigenvalue weighted by atomic mass is 10.2. The topological polar surface area (TPSA) is 116 Å². The molecule has 28 heavy (non-hydrogen) atoms. The fraction of sp³-hybridized carbons (Fsp3) is 0.158. The van der Waals surface area contributed by atoms with Gasteiger partial charge in [-0.25, -0.2) is 9.18 Å². The first-order valence-corrected chi connectivity index (χ1v) is 8.45. The molecule has 0 radical (unpaired) electrons. The van der Waals surface area contributed by atoms with Crippen molar-refractivity contribution >= 4 is 28.4 Å². The molecule has 0 atom stereocenters. The third kappa shape index (κ3) is 3.41. The van der Waals surface area contributed by atoms with Gasteiger partial charge in [0.25, 0.3) is 11.5 Å². The summed E-state index contributed by atoms with van der Waals surface area (Å²) in [7, 11) is 0. The van der Waals surface area contributed by atoms with Gasteiger partial charge in [-0.15, -0.1) is 0 Å². The highest BCUT2D eigenvalue weighted by atomic mass is 19.1. The Morgan fingerprint density at radius 2 is 1.82 bits per heavy atom. The maximum atomic E-state index is 13.6. The number of nitrogens with two attached hydrogens (primary N) is 1. The molecule has 8 nitrogen and oxygen atoms in total. The van der Waals surface area contributed by atoms with Gasteiger partial charge in [0.1, 0.15) is 12.4 Å². The highest BCUT2D eigenvalue weighted by molar-refractivity contribution is 5.96. The molecule has 3 aromatic rings. The number of nitrogens with one attached hydrogen (secondary N) is 1. The van der Waals surface area contributed by atoms with E-state index in [9.17, 15) is 23.6 Å². The molecule has 144 valence electrons. The number of hydrogen-bond acceptors (Lipinski definition) is 4. The van der Waals surface area contributed by atoms with Crippen molar-refractivity contribution in [2.75, 3.05) is 5.32 Å². The summed E-state index contributed by atoms with van der Waals surface area (Å²) < 4.78 is 15.8. The third-order valence-corrected chi connectivity index (χ3v) is 4.27. The minimum atomic E-state index is -0.967. The van der Waals surface area contributed by atoms with E-state index in [2.05, 4.69) is 5.32 Å². The molecular formula is C19H17FN4O4. The van der Waals surface area contributed by atoms with E-state index >= 15 is 0 Å². The second-order valence-corrected chi connectivity index (χ2v) is 6.04. The molecule has 0 fully saturated rings. The molecular weight excluding hydrogens is 367 g/mol. The van der Waals surface area contributed by atoms with Crippen LogP contribution in [0.3, 0.4) is 0 Å². The van der Waals surface area contributed by atoms with Gasteiger partial charge in [-0.1, -0.05) is 12.1 Å². The summed E-state index contributed by atoms with van der Waals surface area (Å²) in [5, 5.41) is 2.81. The second-order valence-electron chi connectivity index (χ2n) is 6.04. The average molecular weight is 384 g/mol. The van der Waals surface area contributed by atoms with Crippen LogP contribution in [-0.2, 0) is 17.9 Å². The second kappa shape index (κ2) is 7.47. The molecule has 3 N–H and O–H groups in total. The molecule has 0 saturated carbocycles. The lowest BCUT2D eigenvalue weighted by molar-refractivity contribution is -0.116. The molecule has 2 aromatic carbocycles. The number of carbonyl (C=O) groups is 2. The van der Waals surface area contributed by atoms with Crippen molar-refractivity contribution in [3.63, 3.8) is 0 Å². The summed E-state index contributed by atoms with van der Waals surface area (Å²) in [6, 6.07) is 9.88. The van der Waals surface area contributed by atoms with Crippen LogP contribution in [0, 0.1) is 5.82 Å². The van der Waals surface area contributed by atoms with Crippen LogP contribution in [0.25, 0.3) is 10.9 Å². The van der Waals surface area contributed by atoms with Crippen molar-refractivity contribution in [1.82, 2.24) is 9.13 Å². The van der Waals surface area contributed by atoms with Crippen molar-refractivity contribution in [3.05, 3.63) is 74.7 Å². The SMILES string of the molecule is CCn1c(=O)c2ccccc2n(CC(=O)Nc2ccc(F)c(C(N)=O)c2)c1=O. The number of para-hydroxylation sites is 1. The minimum absolute atomic E-state index is 0.154. The van der Waals surface area contributed by atoms with E-state index in [-0.39, 0.29) is 24.3 Å². The summed E-state index contributed by atoms with van der Waals surface area (Å²) in [4.78, 5) is 48.8. The summed E-state index contributed by atoms with van der Waals surface area (Å²) in [5.74, 6) is -2.36. The number of anilines is 1. The highest BCUT2D eigenvalue weighted by Gasteiger charge is 2.15. The van der Waals surface area contributed by atoms with Crippen LogP contribution in [0.15, 0.2) is 52.1 Å². The Labute approximate surface area is 158 Å². The Morgan fingerprint density at radius 1 is 1.11 bits per heavy atom. The Hall–Kier alpha value is -3.75. The van der Waals surface area contributed by atoms with Crippen molar-refractivity contribution in [3.8, 4) is 0 Å². The maximum absolute atomic E-state index is 13.6. The molecule has 0 saturated heterocycles. The van der Waals surface area contributed by atoms with Gasteiger partial charge in [-0.05, 0) is 37.3 Å². The van der Waals surface area contributed by atoms with Gasteiger partial charge < -0.3 is 11.1 Å². The number of rotatable bonds is 5. The predicted octanol–water partition coefficient (Wildman–Crippen LogP) is 1.06. The number of primary amides is 1. The number of hydrogen-bond donors (Lipinski definition) is 2. The summed E-state index contributed by atoms with van der Waals surface area (Å²) in [6.07, 6.45) is 0. The summed E-state index contributed by atoms with van der Waals surface area (Å²) in [6.45, 7) is 1.44. The van der Waals surface area contributed by atoms with E-state index in [0.29, 0.717) is 10.9 Å². The number of benzene rings is 2. The Bertz CT molecular complexity index is 1210. The van der Waals surface area contributed by atoms with Crippen LogP contribution in [0.1, 0.15) is 17.3 Å². The van der Waals surface area contributed by atoms with Crippen molar-refractivity contribution in [1.29, 1.82) is 0 Å². The van der Waals surface area contributed by atoms with Gasteiger partial charge in [-0.3, -0.25) is 23.5 Å². The molecule has 1 aromatic heterocycles. The molecule has 0 bridgehead atoms. The zero-order valence-electron chi connectivity index (χ0n) is 14.9. The van der Waals surface area contributed by atoms with Gasteiger partial charge in [0, 0.05) is 12.2 Å². The van der Waals surface area contributed by atoms with E-state index in [0.717, 1.165) is 16.7 Å². The Morgan fingerprint density at radius 3 is 2.50 bits per heavy atom. The molecule has 2 amide bonds. The van der Waals surface area contributed by atoms with Crippen molar-refractivity contribution in [2.45, 2.75) is 20.0 Å². The molecule has 3 rings (SSSR count). The van der Waals surface area contributed by atoms with Gasteiger partial charge in [-0.2, -0.15) is 0 Å². The summed E-state index contributed by atoms with van der Waals surface area (Å²) in [5.41, 5.74) is 4.18. The lowest BCUT2D eigenvalue weighted by Gasteiger charge is -2.13. The zero-order valence-corrected chi connectivity index (χ0v) is 14.9. The highest BCUT2D eigenvalue weighted by Crippen LogP contribution is 2.15. The van der Waals surface area contributed by atoms with Crippen LogP contribution in [0.5, 0.6) is 0 Å². The number of halogens is 1. The standard InChI is InChI=1S/C19H17FN4O4/c1-2-23-18(27)12-5-3-4-6-15(12)24(19(23)28)10-16(25)22-11-7-8-14(20)13(9-11)17(21)26/h3-9H,2,10H2,1H3,(H2,21,26)(H,22,25). The molecule has 0 spiro atoms. The monoisotopic (exact) mass is 384 g/mol. The summed E-state index contributed by atoms with van der Waals surface area (Å²) >= 11 is 0. The smallest absolute Gasteiger partial charge is 0.331 e. The van der Waals surface area contributed by atoms with Crippen LogP contribution < -0.4 is 22.3 Å². The molecule has 0 aliphatic rings. The Kier molecular flexibility index (Phi) is 5.08. The number of nitrogens with zero attached hydrogens (tertiary/aromatic N) is 2. The van der Waals surface area contributed by atoms with E-state index in [1.807, 2.05) is 0 Å². The number of fused-ring (bicyclic) bond motifs is 1. The largest absolute Gasteiger partial charge is 0.366 e. The zero-order chi connectivity index (χ0) is 20.4. The maximum Gasteiger partial charge on any atom is 0.331 e. The normalized spacial score (nSPS) is 10.8. The predicted molar refractivity (Wildman–Crippen MR) is 102 cm³/mol. The third-order valence-electron chi connectivity index (χ3n) is 4.27. The first-order valence-electron chi connectivity index (χ1n) is 8.45. The first-order chi connectivity index (χ1) is 13.3. The van der Waals surface area contributed by atoms with Crippen LogP contribution >= 0.6 is 0 Å². The number of aromatic nitrogens is 2. The molecule has 0 aliphatic heterocycles. The first kappa shape index (κ1) is 19.0. The fourth-order valence-electron chi connectivity index (χ4n) is 2.94. The number of amides is 2. The van der Waals surface area contributed by atoms with E-state index in [1.165, 1.54) is 10.6 Å². The van der Waals surface area contributed by atoms with E-state index in [1.54, 1.807) is 31.2 Å². The number of carbonyl (C=O) groups excluding carboxylic acids is 2. The van der Waals surface area contributed by atoms with E-state index in [4.69, 9.17) is 5.73 Å². The van der Waals surface area contributed by atoms with Crippen LogP contribution in [0.2, 0.25) is 0 Å². The molecule has 9 heteroatoms.